The number of nitrogens with zero attached hydrogens (tertiary/aromatic N) is 4. The molecule has 3 rings (SSSR count). The van der Waals surface area contributed by atoms with Crippen molar-refractivity contribution in [2.24, 2.45) is 5.92 Å². The molecule has 0 aliphatic carbocycles. The van der Waals surface area contributed by atoms with Gasteiger partial charge in [-0.1, -0.05) is 58.2 Å². The number of hydrogen-bond donors (Lipinski definition) is 0. The van der Waals surface area contributed by atoms with Crippen molar-refractivity contribution in [1.29, 1.82) is 0 Å². The van der Waals surface area contributed by atoms with Crippen LogP contribution in [-0.4, -0.2) is 32.5 Å². The number of aromatic nitrogens is 3. The highest BCUT2D eigenvalue weighted by atomic mass is 16.5. The van der Waals surface area contributed by atoms with E-state index in [1.54, 1.807) is 30.5 Å². The summed E-state index contributed by atoms with van der Waals surface area (Å²) in [5.41, 5.74) is 3.03. The zero-order valence-electron chi connectivity index (χ0n) is 21.3. The van der Waals surface area contributed by atoms with E-state index in [2.05, 4.69) is 36.2 Å². The fourth-order valence-corrected chi connectivity index (χ4v) is 3.48. The molecular formula is C29H36N4O2. The van der Waals surface area contributed by atoms with Gasteiger partial charge in [0.2, 0.25) is 5.91 Å². The molecule has 6 heteroatoms. The molecule has 0 saturated carbocycles. The summed E-state index contributed by atoms with van der Waals surface area (Å²) < 4.78 is 7.59. The number of rotatable bonds is 11. The monoisotopic (exact) mass is 472 g/mol. The van der Waals surface area contributed by atoms with Crippen LogP contribution in [0.1, 0.15) is 32.2 Å². The van der Waals surface area contributed by atoms with Crippen LogP contribution in [0.15, 0.2) is 92.6 Å². The lowest BCUT2D eigenvalue weighted by molar-refractivity contribution is -0.129. The molecule has 0 aliphatic heterocycles. The molecule has 0 N–H and O–H groups in total. The van der Waals surface area contributed by atoms with E-state index in [-0.39, 0.29) is 24.8 Å². The maximum absolute atomic E-state index is 13.2. The highest BCUT2D eigenvalue weighted by Crippen LogP contribution is 2.29. The van der Waals surface area contributed by atoms with Crippen molar-refractivity contribution in [3.63, 3.8) is 0 Å². The summed E-state index contributed by atoms with van der Waals surface area (Å²) in [6.07, 6.45) is 9.07. The van der Waals surface area contributed by atoms with E-state index in [1.165, 1.54) is 0 Å². The third-order valence-corrected chi connectivity index (χ3v) is 5.39. The minimum atomic E-state index is -0.0990. The second-order valence-electron chi connectivity index (χ2n) is 7.82. The Bertz CT molecular complexity index is 1130. The van der Waals surface area contributed by atoms with Crippen molar-refractivity contribution in [3.05, 3.63) is 104 Å². The molecule has 35 heavy (non-hydrogen) atoms. The Hall–Kier alpha value is -3.93. The number of carbonyl (C=O) groups is 1. The molecule has 0 radical (unpaired) electrons. The lowest BCUT2D eigenvalue weighted by Gasteiger charge is -2.23. The summed E-state index contributed by atoms with van der Waals surface area (Å²) in [7, 11) is 1.64. The number of hydrogen-bond acceptors (Lipinski definition) is 4. The maximum Gasteiger partial charge on any atom is 0.231 e. The van der Waals surface area contributed by atoms with Crippen molar-refractivity contribution in [2.75, 3.05) is 7.11 Å². The van der Waals surface area contributed by atoms with Crippen molar-refractivity contribution in [2.45, 2.75) is 40.3 Å². The van der Waals surface area contributed by atoms with E-state index >= 15 is 0 Å². The predicted octanol–water partition coefficient (Wildman–Crippen LogP) is 6.07. The quantitative estimate of drug-likeness (QED) is 0.251. The Labute approximate surface area is 209 Å². The summed E-state index contributed by atoms with van der Waals surface area (Å²) in [4.78, 5) is 23.8. The molecule has 0 bridgehead atoms. The SMILES string of the molecule is C=CC(=C)N(Cc1nc(-c2ccccc2OC)cn1CC(C)C=C)C(=O)Cc1cccnc1.CC. The van der Waals surface area contributed by atoms with Gasteiger partial charge in [0.15, 0.2) is 0 Å². The predicted molar refractivity (Wildman–Crippen MR) is 143 cm³/mol. The number of pyridine rings is 1. The third-order valence-electron chi connectivity index (χ3n) is 5.39. The molecule has 3 aromatic rings. The number of methoxy groups -OCH3 is 1. The van der Waals surface area contributed by atoms with Crippen LogP contribution in [-0.2, 0) is 24.3 Å². The number of carbonyl (C=O) groups excluding carboxylic acids is 1. The molecule has 1 atom stereocenters. The van der Waals surface area contributed by atoms with Gasteiger partial charge in [-0.25, -0.2) is 4.98 Å². The van der Waals surface area contributed by atoms with Crippen LogP contribution >= 0.6 is 0 Å². The summed E-state index contributed by atoms with van der Waals surface area (Å²) in [5.74, 6) is 1.61. The first-order valence-corrected chi connectivity index (χ1v) is 11.8. The van der Waals surface area contributed by atoms with Crippen molar-refractivity contribution in [3.8, 4) is 17.0 Å². The van der Waals surface area contributed by atoms with E-state index in [4.69, 9.17) is 9.72 Å². The largest absolute Gasteiger partial charge is 0.496 e. The number of ether oxygens (including phenoxy) is 1. The Morgan fingerprint density at radius 3 is 2.57 bits per heavy atom. The summed E-state index contributed by atoms with van der Waals surface area (Å²) in [6, 6.07) is 11.5. The molecule has 1 aromatic carbocycles. The molecule has 0 saturated heterocycles. The Morgan fingerprint density at radius 2 is 1.94 bits per heavy atom. The fourth-order valence-electron chi connectivity index (χ4n) is 3.48. The molecular weight excluding hydrogens is 436 g/mol. The van der Waals surface area contributed by atoms with Gasteiger partial charge in [-0.2, -0.15) is 0 Å². The minimum Gasteiger partial charge on any atom is -0.496 e. The number of para-hydroxylation sites is 1. The van der Waals surface area contributed by atoms with Crippen molar-refractivity contribution >= 4 is 5.91 Å². The Kier molecular flexibility index (Phi) is 10.7. The molecule has 6 nitrogen and oxygen atoms in total. The first-order valence-electron chi connectivity index (χ1n) is 11.8. The smallest absolute Gasteiger partial charge is 0.231 e. The average Bonchev–Trinajstić information content (AvgIpc) is 3.30. The molecule has 0 aliphatic rings. The number of allylic oxidation sites excluding steroid dienone is 2. The van der Waals surface area contributed by atoms with Gasteiger partial charge in [-0.15, -0.1) is 6.58 Å². The lowest BCUT2D eigenvalue weighted by Crippen LogP contribution is -2.31. The van der Waals surface area contributed by atoms with Gasteiger partial charge in [0.05, 0.1) is 25.8 Å². The van der Waals surface area contributed by atoms with E-state index in [0.717, 1.165) is 28.4 Å². The number of amides is 1. The number of imidazole rings is 1. The summed E-state index contributed by atoms with van der Waals surface area (Å²) in [5, 5.41) is 0. The van der Waals surface area contributed by atoms with Gasteiger partial charge >= 0.3 is 0 Å². The Morgan fingerprint density at radius 1 is 1.20 bits per heavy atom. The zero-order valence-corrected chi connectivity index (χ0v) is 21.3. The second kappa shape index (κ2) is 13.7. The fraction of sp³-hybridized carbons (Fsp3) is 0.276. The molecule has 1 amide bonds. The van der Waals surface area contributed by atoms with Crippen LogP contribution in [0.2, 0.25) is 0 Å². The van der Waals surface area contributed by atoms with Gasteiger partial charge in [0.25, 0.3) is 0 Å². The molecule has 2 heterocycles. The van der Waals surface area contributed by atoms with Gasteiger partial charge in [-0.3, -0.25) is 9.78 Å². The first-order chi connectivity index (χ1) is 17.0. The van der Waals surface area contributed by atoms with Crippen molar-refractivity contribution < 1.29 is 9.53 Å². The topological polar surface area (TPSA) is 60.2 Å². The molecule has 184 valence electrons. The highest BCUT2D eigenvalue weighted by Gasteiger charge is 2.21. The van der Waals surface area contributed by atoms with Gasteiger partial charge < -0.3 is 14.2 Å². The van der Waals surface area contributed by atoms with Gasteiger partial charge in [0, 0.05) is 36.4 Å². The van der Waals surface area contributed by atoms with Crippen LogP contribution in [0, 0.1) is 5.92 Å². The molecule has 2 aromatic heterocycles. The summed E-state index contributed by atoms with van der Waals surface area (Å²) in [6.45, 7) is 18.8. The van der Waals surface area contributed by atoms with Crippen LogP contribution in [0.25, 0.3) is 11.3 Å². The first kappa shape index (κ1) is 27.3. The standard InChI is InChI=1S/C27H30N4O2.C2H6/c1-6-20(3)17-30-18-24(23-12-8-9-13-25(23)33-5)29-26(30)19-31(21(4)7-2)27(32)15-22-11-10-14-28-16-22;1-2/h6-14,16,18,20H,1-2,4,15,17,19H2,3,5H3;1-2H3. The second-order valence-corrected chi connectivity index (χ2v) is 7.82. The van der Waals surface area contributed by atoms with Crippen LogP contribution in [0.4, 0.5) is 0 Å². The lowest BCUT2D eigenvalue weighted by atomic mass is 10.1. The van der Waals surface area contributed by atoms with Gasteiger partial charge in [-0.05, 0) is 35.8 Å². The zero-order chi connectivity index (χ0) is 25.8. The van der Waals surface area contributed by atoms with Gasteiger partial charge in [0.1, 0.15) is 11.6 Å². The maximum atomic E-state index is 13.2. The molecule has 0 fully saturated rings. The van der Waals surface area contributed by atoms with Crippen LogP contribution in [0.3, 0.4) is 0 Å². The van der Waals surface area contributed by atoms with E-state index < -0.39 is 0 Å². The third kappa shape index (κ3) is 7.27. The molecule has 1 unspecified atom stereocenters. The van der Waals surface area contributed by atoms with Crippen molar-refractivity contribution in [1.82, 2.24) is 19.4 Å². The molecule has 0 spiro atoms. The van der Waals surface area contributed by atoms with E-state index in [0.29, 0.717) is 12.2 Å². The average molecular weight is 473 g/mol. The Balaban J connectivity index is 0.00000210. The van der Waals surface area contributed by atoms with E-state index in [1.807, 2.05) is 62.5 Å². The minimum absolute atomic E-state index is 0.0990. The summed E-state index contributed by atoms with van der Waals surface area (Å²) >= 11 is 0. The highest BCUT2D eigenvalue weighted by molar-refractivity contribution is 5.80. The van der Waals surface area contributed by atoms with E-state index in [9.17, 15) is 4.79 Å². The number of benzene rings is 1. The normalized spacial score (nSPS) is 11.0. The van der Waals surface area contributed by atoms with Crippen LogP contribution in [0.5, 0.6) is 5.75 Å². The van der Waals surface area contributed by atoms with Crippen LogP contribution < -0.4 is 4.74 Å².